The molecular formula is C33H45IrNO2. The SMILES string of the molecule is CC(C)(C)C(=[OH+])/C=C(\O)C(C)(C)C.CC1(C)C2Cc3cc(-c4[c-]cc5c(c4)CCCC5)ncc3C1C2.[Ir]. The first kappa shape index (κ1) is 29.8. The van der Waals surface area contributed by atoms with Gasteiger partial charge >= 0.3 is 5.78 Å². The van der Waals surface area contributed by atoms with E-state index in [1.54, 1.807) is 5.56 Å². The van der Waals surface area contributed by atoms with E-state index in [0.29, 0.717) is 5.41 Å². The second-order valence-electron chi connectivity index (χ2n) is 13.8. The fraction of sp³-hybridized carbons (Fsp3) is 0.576. The maximum Gasteiger partial charge on any atom is 0.325 e. The second kappa shape index (κ2) is 10.8. The van der Waals surface area contributed by atoms with Crippen molar-refractivity contribution in [2.45, 2.75) is 99.8 Å². The number of allylic oxidation sites excluding steroid dienone is 2. The van der Waals surface area contributed by atoms with Crippen molar-refractivity contribution >= 4 is 5.78 Å². The monoisotopic (exact) mass is 680 g/mol. The number of aromatic nitrogens is 1. The molecule has 0 aliphatic heterocycles. The molecule has 6 rings (SSSR count). The maximum atomic E-state index is 9.60. The van der Waals surface area contributed by atoms with E-state index >= 15 is 0 Å². The molecule has 0 amide bonds. The molecule has 1 aromatic carbocycles. The molecule has 1 fully saturated rings. The van der Waals surface area contributed by atoms with Crippen molar-refractivity contribution in [1.82, 2.24) is 4.98 Å². The summed E-state index contributed by atoms with van der Waals surface area (Å²) in [6.45, 7) is 16.2. The number of benzene rings is 1. The number of aliphatic hydroxyl groups is 1. The summed E-state index contributed by atoms with van der Waals surface area (Å²) >= 11 is 0. The van der Waals surface area contributed by atoms with Crippen LogP contribution in [0.25, 0.3) is 11.3 Å². The zero-order chi connectivity index (χ0) is 26.5. The fourth-order valence-electron chi connectivity index (χ4n) is 5.67. The van der Waals surface area contributed by atoms with Gasteiger partial charge in [-0.2, -0.15) is 0 Å². The summed E-state index contributed by atoms with van der Waals surface area (Å²) in [7, 11) is 0. The molecule has 2 unspecified atom stereocenters. The molecule has 37 heavy (non-hydrogen) atoms. The van der Waals surface area contributed by atoms with Crippen molar-refractivity contribution in [3.05, 3.63) is 64.6 Å². The summed E-state index contributed by atoms with van der Waals surface area (Å²) in [5.41, 5.74) is 8.26. The molecule has 0 spiro atoms. The van der Waals surface area contributed by atoms with Gasteiger partial charge in [-0.3, -0.25) is 4.79 Å². The zero-order valence-corrected chi connectivity index (χ0v) is 26.4. The number of fused-ring (bicyclic) bond motifs is 1. The van der Waals surface area contributed by atoms with Crippen molar-refractivity contribution in [2.75, 3.05) is 0 Å². The largest absolute Gasteiger partial charge is 0.511 e. The molecule has 0 saturated heterocycles. The Bertz CT molecular complexity index is 1180. The van der Waals surface area contributed by atoms with Gasteiger partial charge in [0, 0.05) is 31.7 Å². The number of hydrogen-bond donors (Lipinski definition) is 1. The third kappa shape index (κ3) is 6.28. The molecule has 203 valence electrons. The Kier molecular flexibility index (Phi) is 8.67. The summed E-state index contributed by atoms with van der Waals surface area (Å²) in [6.07, 6.45) is 11.3. The predicted octanol–water partition coefficient (Wildman–Crippen LogP) is 8.18. The third-order valence-electron chi connectivity index (χ3n) is 8.70. The van der Waals surface area contributed by atoms with Gasteiger partial charge in [0.05, 0.1) is 11.5 Å². The Hall–Kier alpha value is -1.77. The summed E-state index contributed by atoms with van der Waals surface area (Å²) in [5, 5.41) is 9.60. The fourth-order valence-corrected chi connectivity index (χ4v) is 5.67. The Morgan fingerprint density at radius 2 is 1.68 bits per heavy atom. The minimum atomic E-state index is -0.306. The van der Waals surface area contributed by atoms with Crippen molar-refractivity contribution < 1.29 is 30.0 Å². The van der Waals surface area contributed by atoms with E-state index in [2.05, 4.69) is 44.3 Å². The number of pyridine rings is 1. The van der Waals surface area contributed by atoms with Crippen molar-refractivity contribution in [3.63, 3.8) is 0 Å². The molecule has 3 nitrogen and oxygen atoms in total. The topological polar surface area (TPSA) is 54.5 Å². The normalized spacial score (nSPS) is 21.8. The van der Waals surface area contributed by atoms with Gasteiger partial charge in [0.2, 0.25) is 0 Å². The number of ketones is 1. The molecule has 1 aromatic heterocycles. The van der Waals surface area contributed by atoms with Crippen LogP contribution < -0.4 is 0 Å². The molecule has 4 heteroatoms. The van der Waals surface area contributed by atoms with Gasteiger partial charge in [0.25, 0.3) is 0 Å². The summed E-state index contributed by atoms with van der Waals surface area (Å²) in [6, 6.07) is 10.4. The number of nitrogens with zero attached hydrogens (tertiary/aromatic N) is 1. The molecule has 1 radical (unpaired) electrons. The van der Waals surface area contributed by atoms with Crippen LogP contribution in [0.2, 0.25) is 0 Å². The van der Waals surface area contributed by atoms with Gasteiger partial charge in [-0.1, -0.05) is 59.9 Å². The van der Waals surface area contributed by atoms with E-state index in [4.69, 9.17) is 4.98 Å². The molecule has 2 aromatic rings. The molecule has 2 N–H and O–H groups in total. The van der Waals surface area contributed by atoms with Crippen LogP contribution in [-0.4, -0.2) is 20.7 Å². The van der Waals surface area contributed by atoms with Gasteiger partial charge in [0.15, 0.2) is 0 Å². The van der Waals surface area contributed by atoms with Crippen molar-refractivity contribution in [1.29, 1.82) is 0 Å². The van der Waals surface area contributed by atoms with Crippen LogP contribution in [0.5, 0.6) is 0 Å². The predicted molar refractivity (Wildman–Crippen MR) is 150 cm³/mol. The second-order valence-corrected chi connectivity index (χ2v) is 13.8. The average molecular weight is 680 g/mol. The number of aliphatic hydroxyl groups excluding tert-OH is 1. The van der Waals surface area contributed by atoms with Crippen LogP contribution in [0, 0.1) is 28.2 Å². The molecule has 1 saturated carbocycles. The van der Waals surface area contributed by atoms with Gasteiger partial charge in [-0.15, -0.1) is 34.9 Å². The van der Waals surface area contributed by atoms with Crippen LogP contribution in [0.1, 0.15) is 103 Å². The summed E-state index contributed by atoms with van der Waals surface area (Å²) < 4.78 is 0. The maximum absolute atomic E-state index is 9.60. The minimum Gasteiger partial charge on any atom is -0.511 e. The Morgan fingerprint density at radius 3 is 2.27 bits per heavy atom. The smallest absolute Gasteiger partial charge is 0.325 e. The zero-order valence-electron chi connectivity index (χ0n) is 24.0. The van der Waals surface area contributed by atoms with E-state index in [0.717, 1.165) is 17.5 Å². The molecular weight excluding hydrogens is 635 g/mol. The number of carbonyl (C=O) groups excluding carboxylic acids is 1. The third-order valence-corrected chi connectivity index (χ3v) is 8.70. The van der Waals surface area contributed by atoms with E-state index in [9.17, 15) is 9.90 Å². The quantitative estimate of drug-likeness (QED) is 0.151. The van der Waals surface area contributed by atoms with Crippen LogP contribution in [0.15, 0.2) is 36.2 Å². The number of hydrogen-bond acceptors (Lipinski definition) is 2. The van der Waals surface area contributed by atoms with Gasteiger partial charge in [-0.05, 0) is 74.1 Å². The summed E-state index contributed by atoms with van der Waals surface area (Å²) in [4.78, 5) is 14.4. The molecule has 1 heterocycles. The van der Waals surface area contributed by atoms with E-state index in [1.165, 1.54) is 66.9 Å². The van der Waals surface area contributed by atoms with E-state index in [1.807, 2.05) is 41.5 Å². The van der Waals surface area contributed by atoms with Crippen molar-refractivity contribution in [3.8, 4) is 11.3 Å². The van der Waals surface area contributed by atoms with Gasteiger partial charge < -0.3 is 10.1 Å². The molecule has 2 atom stereocenters. The van der Waals surface area contributed by atoms with Gasteiger partial charge in [-0.25, -0.2) is 0 Å². The van der Waals surface area contributed by atoms with Gasteiger partial charge in [0.1, 0.15) is 5.76 Å². The standard InChI is InChI=1S/C22H24N.C11H20O2.Ir/c1-22(2)18-10-17-11-21(23-13-19(17)20(22)12-18)16-8-7-14-5-3-4-6-15(14)9-16;1-10(2,3)8(12)7-9(13)11(4,5)6;/h7,9,11,13,18,20H,3-6,10,12H2,1-2H3;7,12H,1-6H3;/q-1;;/p+1/b;8-7-;. The van der Waals surface area contributed by atoms with Crippen molar-refractivity contribution in [2.24, 2.45) is 22.2 Å². The molecule has 2 bridgehead atoms. The average Bonchev–Trinajstić information content (AvgIpc) is 2.82. The molecule has 4 aliphatic carbocycles. The Balaban J connectivity index is 0.000000237. The first-order chi connectivity index (χ1) is 16.7. The first-order valence-electron chi connectivity index (χ1n) is 13.7. The molecule has 4 aliphatic rings. The first-order valence-corrected chi connectivity index (χ1v) is 13.7. The number of rotatable bonds is 2. The Morgan fingerprint density at radius 1 is 1.03 bits per heavy atom. The van der Waals surface area contributed by atoms with Crippen LogP contribution in [-0.2, 0) is 39.4 Å². The minimum absolute atomic E-state index is 0. The van der Waals surface area contributed by atoms with Crippen LogP contribution in [0.4, 0.5) is 0 Å². The Labute approximate surface area is 237 Å². The number of aryl methyl sites for hydroxylation is 2. The van der Waals surface area contributed by atoms with Crippen LogP contribution >= 0.6 is 0 Å². The van der Waals surface area contributed by atoms with Crippen LogP contribution in [0.3, 0.4) is 0 Å². The van der Waals surface area contributed by atoms with E-state index in [-0.39, 0.29) is 42.5 Å². The van der Waals surface area contributed by atoms with E-state index < -0.39 is 0 Å². The summed E-state index contributed by atoms with van der Waals surface area (Å²) in [5.74, 6) is 2.01.